The maximum absolute atomic E-state index is 4.37. The van der Waals surface area contributed by atoms with Crippen molar-refractivity contribution in [2.45, 2.75) is 13.0 Å². The van der Waals surface area contributed by atoms with Crippen molar-refractivity contribution in [1.29, 1.82) is 0 Å². The van der Waals surface area contributed by atoms with Gasteiger partial charge in [-0.3, -0.25) is 0 Å². The average molecular weight is 367 g/mol. The molecule has 5 heteroatoms. The molecule has 114 valence electrons. The van der Waals surface area contributed by atoms with E-state index in [1.54, 1.807) is 6.33 Å². The minimum Gasteiger partial charge on any atom is -0.324 e. The van der Waals surface area contributed by atoms with Crippen LogP contribution in [0.25, 0.3) is 5.70 Å². The molecule has 0 aliphatic carbocycles. The SMILES string of the molecule is Cc1ccc([C@@H]2C=C(c3ccc(Br)cc3)Nc3ncnn32)cc1. The van der Waals surface area contributed by atoms with E-state index in [0.29, 0.717) is 0 Å². The van der Waals surface area contributed by atoms with Crippen LogP contribution in [0.1, 0.15) is 22.7 Å². The molecule has 2 aromatic carbocycles. The van der Waals surface area contributed by atoms with Gasteiger partial charge in [-0.25, -0.2) is 4.68 Å². The zero-order valence-electron chi connectivity index (χ0n) is 12.6. The van der Waals surface area contributed by atoms with E-state index in [9.17, 15) is 0 Å². The quantitative estimate of drug-likeness (QED) is 0.730. The number of nitrogens with one attached hydrogen (secondary N) is 1. The molecule has 0 spiro atoms. The Morgan fingerprint density at radius 3 is 2.52 bits per heavy atom. The van der Waals surface area contributed by atoms with Gasteiger partial charge in [0.25, 0.3) is 0 Å². The molecule has 0 unspecified atom stereocenters. The second-order valence-corrected chi connectivity index (χ2v) is 6.51. The lowest BCUT2D eigenvalue weighted by Crippen LogP contribution is -2.20. The van der Waals surface area contributed by atoms with E-state index >= 15 is 0 Å². The van der Waals surface area contributed by atoms with Gasteiger partial charge in [0.15, 0.2) is 0 Å². The topological polar surface area (TPSA) is 42.7 Å². The Morgan fingerprint density at radius 2 is 1.78 bits per heavy atom. The Kier molecular flexibility index (Phi) is 3.50. The molecule has 1 atom stereocenters. The molecule has 0 saturated heterocycles. The van der Waals surface area contributed by atoms with Crippen molar-refractivity contribution in [1.82, 2.24) is 14.8 Å². The van der Waals surface area contributed by atoms with Crippen LogP contribution in [-0.4, -0.2) is 14.8 Å². The van der Waals surface area contributed by atoms with Gasteiger partial charge in [0.05, 0.1) is 0 Å². The summed E-state index contributed by atoms with van der Waals surface area (Å²) in [6.07, 6.45) is 3.78. The third-order valence-electron chi connectivity index (χ3n) is 3.98. The molecule has 0 amide bonds. The van der Waals surface area contributed by atoms with Crippen molar-refractivity contribution in [3.8, 4) is 0 Å². The predicted octanol–water partition coefficient (Wildman–Crippen LogP) is 4.41. The number of anilines is 1. The highest BCUT2D eigenvalue weighted by Gasteiger charge is 2.23. The zero-order valence-corrected chi connectivity index (χ0v) is 14.2. The fourth-order valence-corrected chi connectivity index (χ4v) is 3.00. The monoisotopic (exact) mass is 366 g/mol. The first-order valence-electron chi connectivity index (χ1n) is 7.41. The molecule has 4 nitrogen and oxygen atoms in total. The number of halogens is 1. The van der Waals surface area contributed by atoms with Crippen LogP contribution in [0, 0.1) is 6.92 Å². The van der Waals surface area contributed by atoms with Gasteiger partial charge < -0.3 is 5.32 Å². The van der Waals surface area contributed by atoms with Crippen LogP contribution in [0.2, 0.25) is 0 Å². The largest absolute Gasteiger partial charge is 0.324 e. The average Bonchev–Trinajstić information content (AvgIpc) is 3.04. The predicted molar refractivity (Wildman–Crippen MR) is 95.1 cm³/mol. The highest BCUT2D eigenvalue weighted by atomic mass is 79.9. The van der Waals surface area contributed by atoms with Crippen LogP contribution in [0.3, 0.4) is 0 Å². The van der Waals surface area contributed by atoms with Crippen LogP contribution in [0.15, 0.2) is 65.4 Å². The molecule has 3 aromatic rings. The Bertz CT molecular complexity index is 863. The van der Waals surface area contributed by atoms with Crippen molar-refractivity contribution in [2.75, 3.05) is 5.32 Å². The van der Waals surface area contributed by atoms with Crippen LogP contribution in [0.5, 0.6) is 0 Å². The molecule has 1 aromatic heterocycles. The van der Waals surface area contributed by atoms with E-state index in [-0.39, 0.29) is 6.04 Å². The van der Waals surface area contributed by atoms with Crippen molar-refractivity contribution < 1.29 is 0 Å². The number of nitrogens with zero attached hydrogens (tertiary/aromatic N) is 3. The van der Waals surface area contributed by atoms with E-state index in [1.165, 1.54) is 11.1 Å². The number of hydrogen-bond acceptors (Lipinski definition) is 3. The van der Waals surface area contributed by atoms with Crippen molar-refractivity contribution >= 4 is 27.6 Å². The first kappa shape index (κ1) is 14.2. The molecule has 23 heavy (non-hydrogen) atoms. The molecule has 0 bridgehead atoms. The number of hydrogen-bond donors (Lipinski definition) is 1. The number of fused-ring (bicyclic) bond motifs is 1. The van der Waals surface area contributed by atoms with Crippen LogP contribution >= 0.6 is 15.9 Å². The van der Waals surface area contributed by atoms with Gasteiger partial charge in [0, 0.05) is 10.2 Å². The van der Waals surface area contributed by atoms with Gasteiger partial charge in [0.2, 0.25) is 5.95 Å². The minimum absolute atomic E-state index is 0.0352. The summed E-state index contributed by atoms with van der Waals surface area (Å²) in [6, 6.07) is 16.8. The molecule has 1 aliphatic rings. The smallest absolute Gasteiger partial charge is 0.226 e. The Hall–Kier alpha value is -2.40. The van der Waals surface area contributed by atoms with Gasteiger partial charge in [0.1, 0.15) is 12.4 Å². The number of aryl methyl sites for hydroxylation is 1. The summed E-state index contributed by atoms with van der Waals surface area (Å²) in [7, 11) is 0. The fraction of sp³-hybridized carbons (Fsp3) is 0.111. The third-order valence-corrected chi connectivity index (χ3v) is 4.51. The number of rotatable bonds is 2. The Balaban J connectivity index is 1.79. The zero-order chi connectivity index (χ0) is 15.8. The Morgan fingerprint density at radius 1 is 1.04 bits per heavy atom. The fourth-order valence-electron chi connectivity index (χ4n) is 2.73. The lowest BCUT2D eigenvalue weighted by Gasteiger charge is -2.24. The maximum atomic E-state index is 4.37. The maximum Gasteiger partial charge on any atom is 0.226 e. The standard InChI is InChI=1S/C18H15BrN4/c1-12-2-4-14(5-3-12)17-10-16(13-6-8-15(19)9-7-13)22-18-20-11-21-23(17)18/h2-11,17H,1H3,(H,20,21,22)/t17-/m0/s1. The number of allylic oxidation sites excluding steroid dienone is 1. The molecule has 0 radical (unpaired) electrons. The van der Waals surface area contributed by atoms with E-state index in [4.69, 9.17) is 0 Å². The highest BCUT2D eigenvalue weighted by Crippen LogP contribution is 2.32. The first-order chi connectivity index (χ1) is 11.2. The summed E-state index contributed by atoms with van der Waals surface area (Å²) in [5.41, 5.74) is 4.61. The highest BCUT2D eigenvalue weighted by molar-refractivity contribution is 9.10. The van der Waals surface area contributed by atoms with E-state index in [0.717, 1.165) is 21.7 Å². The van der Waals surface area contributed by atoms with E-state index < -0.39 is 0 Å². The normalized spacial score (nSPS) is 16.4. The molecule has 1 N–H and O–H groups in total. The molecule has 2 heterocycles. The molecule has 0 saturated carbocycles. The first-order valence-corrected chi connectivity index (χ1v) is 8.21. The molecular weight excluding hydrogens is 352 g/mol. The van der Waals surface area contributed by atoms with Gasteiger partial charge in [-0.15, -0.1) is 0 Å². The molecule has 1 aliphatic heterocycles. The van der Waals surface area contributed by atoms with Crippen molar-refractivity contribution in [3.63, 3.8) is 0 Å². The molecule has 4 rings (SSSR count). The lowest BCUT2D eigenvalue weighted by atomic mass is 10.0. The van der Waals surface area contributed by atoms with Crippen molar-refractivity contribution in [3.05, 3.63) is 82.1 Å². The number of benzene rings is 2. The molecule has 0 fully saturated rings. The van der Waals surface area contributed by atoms with E-state index in [2.05, 4.69) is 80.7 Å². The second-order valence-electron chi connectivity index (χ2n) is 5.60. The molecular formula is C18H15BrN4. The summed E-state index contributed by atoms with van der Waals surface area (Å²) in [6.45, 7) is 2.09. The van der Waals surface area contributed by atoms with Gasteiger partial charge in [-0.2, -0.15) is 10.1 Å². The summed E-state index contributed by atoms with van der Waals surface area (Å²) in [5.74, 6) is 0.760. The third kappa shape index (κ3) is 2.68. The van der Waals surface area contributed by atoms with Crippen LogP contribution in [0.4, 0.5) is 5.95 Å². The van der Waals surface area contributed by atoms with Gasteiger partial charge >= 0.3 is 0 Å². The number of aromatic nitrogens is 3. The van der Waals surface area contributed by atoms with E-state index in [1.807, 2.05) is 16.8 Å². The van der Waals surface area contributed by atoms with Crippen LogP contribution in [-0.2, 0) is 0 Å². The summed E-state index contributed by atoms with van der Waals surface area (Å²) < 4.78 is 2.98. The summed E-state index contributed by atoms with van der Waals surface area (Å²) in [4.78, 5) is 4.33. The minimum atomic E-state index is 0.0352. The van der Waals surface area contributed by atoms with Crippen molar-refractivity contribution in [2.24, 2.45) is 0 Å². The van der Waals surface area contributed by atoms with Gasteiger partial charge in [-0.05, 0) is 36.3 Å². The Labute approximate surface area is 143 Å². The second kappa shape index (κ2) is 5.66. The van der Waals surface area contributed by atoms with Gasteiger partial charge in [-0.1, -0.05) is 57.9 Å². The summed E-state index contributed by atoms with van der Waals surface area (Å²) >= 11 is 3.48. The van der Waals surface area contributed by atoms with Crippen LogP contribution < -0.4 is 5.32 Å². The summed E-state index contributed by atoms with van der Waals surface area (Å²) in [5, 5.41) is 7.73. The lowest BCUT2D eigenvalue weighted by molar-refractivity contribution is 0.612.